The van der Waals surface area contributed by atoms with Gasteiger partial charge >= 0.3 is 0 Å². The Bertz CT molecular complexity index is 516. The van der Waals surface area contributed by atoms with Gasteiger partial charge in [0.25, 0.3) is 0 Å². The Balaban J connectivity index is 1.96. The molecule has 0 saturated heterocycles. The van der Waals surface area contributed by atoms with E-state index in [4.69, 9.17) is 0 Å². The van der Waals surface area contributed by atoms with Crippen LogP contribution >= 0.6 is 11.3 Å². The highest BCUT2D eigenvalue weighted by Crippen LogP contribution is 2.21. The average Bonchev–Trinajstić information content (AvgIpc) is 2.97. The van der Waals surface area contributed by atoms with Crippen molar-refractivity contribution < 1.29 is 0 Å². The van der Waals surface area contributed by atoms with E-state index in [1.807, 2.05) is 11.6 Å². The first-order valence-electron chi connectivity index (χ1n) is 6.79. The summed E-state index contributed by atoms with van der Waals surface area (Å²) < 4.78 is 2.07. The Morgan fingerprint density at radius 1 is 1.42 bits per heavy atom. The molecular weight excluding hydrogens is 256 g/mol. The normalized spacial score (nSPS) is 12.8. The third kappa shape index (κ3) is 3.22. The number of hydrogen-bond donors (Lipinski definition) is 1. The summed E-state index contributed by atoms with van der Waals surface area (Å²) in [5.41, 5.74) is 3.74. The fourth-order valence-corrected chi connectivity index (χ4v) is 3.14. The molecule has 0 amide bonds. The standard InChI is InChI=1S/C14H22N4S/c1-5-18-12(4)14(11(3)17-18)10(2)15-7-6-13-16-8-9-19-13/h8-10,15H,5-7H2,1-4H3. The Kier molecular flexibility index (Phi) is 4.71. The van der Waals surface area contributed by atoms with Gasteiger partial charge < -0.3 is 5.32 Å². The van der Waals surface area contributed by atoms with E-state index >= 15 is 0 Å². The van der Waals surface area contributed by atoms with Crippen LogP contribution < -0.4 is 5.32 Å². The van der Waals surface area contributed by atoms with E-state index in [-0.39, 0.29) is 0 Å². The Hall–Kier alpha value is -1.20. The molecule has 1 atom stereocenters. The van der Waals surface area contributed by atoms with Gasteiger partial charge in [0.15, 0.2) is 0 Å². The summed E-state index contributed by atoms with van der Waals surface area (Å²) >= 11 is 1.72. The number of hydrogen-bond acceptors (Lipinski definition) is 4. The van der Waals surface area contributed by atoms with Crippen LogP contribution in [-0.2, 0) is 13.0 Å². The molecule has 104 valence electrons. The van der Waals surface area contributed by atoms with Gasteiger partial charge in [0.1, 0.15) is 0 Å². The molecule has 0 aliphatic rings. The summed E-state index contributed by atoms with van der Waals surface area (Å²) in [5.74, 6) is 0. The van der Waals surface area contributed by atoms with Crippen molar-refractivity contribution in [2.75, 3.05) is 6.54 Å². The van der Waals surface area contributed by atoms with Crippen molar-refractivity contribution in [3.05, 3.63) is 33.5 Å². The Morgan fingerprint density at radius 2 is 2.21 bits per heavy atom. The summed E-state index contributed by atoms with van der Waals surface area (Å²) in [6.07, 6.45) is 2.85. The first-order chi connectivity index (χ1) is 9.13. The molecular formula is C14H22N4S. The van der Waals surface area contributed by atoms with E-state index in [0.717, 1.165) is 25.2 Å². The van der Waals surface area contributed by atoms with Crippen molar-refractivity contribution in [3.63, 3.8) is 0 Å². The molecule has 4 nitrogen and oxygen atoms in total. The fourth-order valence-electron chi connectivity index (χ4n) is 2.52. The highest BCUT2D eigenvalue weighted by molar-refractivity contribution is 7.09. The SMILES string of the molecule is CCn1nc(C)c(C(C)NCCc2nccs2)c1C. The van der Waals surface area contributed by atoms with Crippen molar-refractivity contribution >= 4 is 11.3 Å². The predicted octanol–water partition coefficient (Wildman–Crippen LogP) is 2.87. The van der Waals surface area contributed by atoms with E-state index < -0.39 is 0 Å². The number of aromatic nitrogens is 3. The second-order valence-corrected chi connectivity index (χ2v) is 5.73. The van der Waals surface area contributed by atoms with Crippen LogP contribution in [0.4, 0.5) is 0 Å². The lowest BCUT2D eigenvalue weighted by molar-refractivity contribution is 0.568. The minimum Gasteiger partial charge on any atom is -0.310 e. The van der Waals surface area contributed by atoms with Crippen molar-refractivity contribution in [3.8, 4) is 0 Å². The third-order valence-electron chi connectivity index (χ3n) is 3.44. The number of nitrogens with one attached hydrogen (secondary N) is 1. The van der Waals surface area contributed by atoms with Gasteiger partial charge in [-0.25, -0.2) is 4.98 Å². The van der Waals surface area contributed by atoms with Crippen LogP contribution in [-0.4, -0.2) is 21.3 Å². The zero-order valence-electron chi connectivity index (χ0n) is 12.1. The van der Waals surface area contributed by atoms with Gasteiger partial charge in [-0.3, -0.25) is 4.68 Å². The number of nitrogens with zero attached hydrogens (tertiary/aromatic N) is 3. The first-order valence-corrected chi connectivity index (χ1v) is 7.67. The zero-order valence-corrected chi connectivity index (χ0v) is 12.9. The lowest BCUT2D eigenvalue weighted by Gasteiger charge is -2.14. The monoisotopic (exact) mass is 278 g/mol. The molecule has 2 heterocycles. The smallest absolute Gasteiger partial charge is 0.0937 e. The molecule has 0 spiro atoms. The van der Waals surface area contributed by atoms with E-state index in [0.29, 0.717) is 6.04 Å². The molecule has 5 heteroatoms. The van der Waals surface area contributed by atoms with Crippen molar-refractivity contribution in [2.24, 2.45) is 0 Å². The second kappa shape index (κ2) is 6.30. The molecule has 0 saturated carbocycles. The van der Waals surface area contributed by atoms with Crippen molar-refractivity contribution in [1.82, 2.24) is 20.1 Å². The van der Waals surface area contributed by atoms with Crippen LogP contribution in [0.1, 0.15) is 41.8 Å². The topological polar surface area (TPSA) is 42.7 Å². The highest BCUT2D eigenvalue weighted by Gasteiger charge is 2.16. The molecule has 0 aromatic carbocycles. The summed E-state index contributed by atoms with van der Waals surface area (Å²) in [5, 5.41) is 11.4. The molecule has 0 fully saturated rings. The molecule has 2 aromatic rings. The fraction of sp³-hybridized carbons (Fsp3) is 0.571. The Morgan fingerprint density at radius 3 is 2.79 bits per heavy atom. The minimum atomic E-state index is 0.334. The van der Waals surface area contributed by atoms with Crippen LogP contribution in [0.25, 0.3) is 0 Å². The molecule has 0 radical (unpaired) electrons. The molecule has 2 aromatic heterocycles. The Labute approximate surface area is 118 Å². The number of thiazole rings is 1. The molecule has 0 aliphatic carbocycles. The van der Waals surface area contributed by atoms with Gasteiger partial charge in [-0.1, -0.05) is 0 Å². The third-order valence-corrected chi connectivity index (χ3v) is 4.28. The van der Waals surface area contributed by atoms with Crippen LogP contribution in [0.2, 0.25) is 0 Å². The van der Waals surface area contributed by atoms with Gasteiger partial charge in [-0.2, -0.15) is 5.10 Å². The molecule has 1 unspecified atom stereocenters. The molecule has 19 heavy (non-hydrogen) atoms. The molecule has 0 bridgehead atoms. The maximum Gasteiger partial charge on any atom is 0.0937 e. The average molecular weight is 278 g/mol. The van der Waals surface area contributed by atoms with Gasteiger partial charge in [-0.15, -0.1) is 11.3 Å². The van der Waals surface area contributed by atoms with Crippen LogP contribution in [0.5, 0.6) is 0 Å². The highest BCUT2D eigenvalue weighted by atomic mass is 32.1. The second-order valence-electron chi connectivity index (χ2n) is 4.75. The summed E-state index contributed by atoms with van der Waals surface area (Å²) in [4.78, 5) is 4.30. The van der Waals surface area contributed by atoms with E-state index in [9.17, 15) is 0 Å². The quantitative estimate of drug-likeness (QED) is 0.883. The minimum absolute atomic E-state index is 0.334. The maximum absolute atomic E-state index is 4.57. The van der Waals surface area contributed by atoms with Gasteiger partial charge in [0.05, 0.1) is 10.7 Å². The van der Waals surface area contributed by atoms with Crippen LogP contribution in [0, 0.1) is 13.8 Å². The largest absolute Gasteiger partial charge is 0.310 e. The van der Waals surface area contributed by atoms with Crippen molar-refractivity contribution in [1.29, 1.82) is 0 Å². The predicted molar refractivity (Wildman–Crippen MR) is 79.6 cm³/mol. The molecule has 1 N–H and O–H groups in total. The lowest BCUT2D eigenvalue weighted by atomic mass is 10.1. The van der Waals surface area contributed by atoms with Gasteiger partial charge in [-0.05, 0) is 27.7 Å². The van der Waals surface area contributed by atoms with Crippen LogP contribution in [0.3, 0.4) is 0 Å². The summed E-state index contributed by atoms with van der Waals surface area (Å²) in [6, 6.07) is 0.334. The van der Waals surface area contributed by atoms with E-state index in [1.54, 1.807) is 11.3 Å². The van der Waals surface area contributed by atoms with Crippen molar-refractivity contribution in [2.45, 2.75) is 46.7 Å². The zero-order chi connectivity index (χ0) is 13.8. The van der Waals surface area contributed by atoms with E-state index in [1.165, 1.54) is 16.3 Å². The summed E-state index contributed by atoms with van der Waals surface area (Å²) in [6.45, 7) is 10.5. The van der Waals surface area contributed by atoms with Gasteiger partial charge in [0, 0.05) is 48.4 Å². The van der Waals surface area contributed by atoms with E-state index in [2.05, 4.69) is 47.8 Å². The van der Waals surface area contributed by atoms with Crippen LogP contribution in [0.15, 0.2) is 11.6 Å². The molecule has 2 rings (SSSR count). The number of aryl methyl sites for hydroxylation is 2. The first kappa shape index (κ1) is 14.2. The lowest BCUT2D eigenvalue weighted by Crippen LogP contribution is -2.22. The molecule has 0 aliphatic heterocycles. The summed E-state index contributed by atoms with van der Waals surface area (Å²) in [7, 11) is 0. The number of rotatable bonds is 6. The van der Waals surface area contributed by atoms with Gasteiger partial charge in [0.2, 0.25) is 0 Å². The maximum atomic E-state index is 4.57.